The molecule has 2 aromatic carbocycles. The van der Waals surface area contributed by atoms with E-state index in [9.17, 15) is 21.6 Å². The molecule has 2 heterocycles. The quantitative estimate of drug-likeness (QED) is 0.501. The Morgan fingerprint density at radius 1 is 1.00 bits per heavy atom. The maximum Gasteiger partial charge on any atom is 0.243 e. The van der Waals surface area contributed by atoms with Gasteiger partial charge in [-0.05, 0) is 60.4 Å². The first kappa shape index (κ1) is 26.6. The van der Waals surface area contributed by atoms with Gasteiger partial charge in [0.1, 0.15) is 5.75 Å². The van der Waals surface area contributed by atoms with E-state index in [0.717, 1.165) is 9.87 Å². The lowest BCUT2D eigenvalue weighted by Gasteiger charge is -2.26. The van der Waals surface area contributed by atoms with Gasteiger partial charge < -0.3 is 14.4 Å². The van der Waals surface area contributed by atoms with Crippen molar-refractivity contribution >= 4 is 31.6 Å². The van der Waals surface area contributed by atoms with Crippen LogP contribution in [-0.2, 0) is 42.4 Å². The summed E-state index contributed by atoms with van der Waals surface area (Å²) in [6, 6.07) is 9.53. The monoisotopic (exact) mass is 537 g/mol. The molecule has 4 rings (SSSR count). The molecule has 0 unspecified atom stereocenters. The Kier molecular flexibility index (Phi) is 7.72. The first-order valence-corrected chi connectivity index (χ1v) is 14.5. The van der Waals surface area contributed by atoms with E-state index in [1.54, 1.807) is 29.2 Å². The fraction of sp³-hybridized carbons (Fsp3) is 0.458. The fourth-order valence-corrected chi connectivity index (χ4v) is 6.84. The summed E-state index contributed by atoms with van der Waals surface area (Å²) in [7, 11) is -2.77. The fourth-order valence-electron chi connectivity index (χ4n) is 4.43. The van der Waals surface area contributed by atoms with Crippen LogP contribution in [0, 0.1) is 0 Å². The predicted molar refractivity (Wildman–Crippen MR) is 134 cm³/mol. The highest BCUT2D eigenvalue weighted by Gasteiger charge is 2.29. The number of amides is 1. The third-order valence-electron chi connectivity index (χ3n) is 6.49. The number of carbonyl (C=O) groups is 1. The molecular formula is C24H31N3O7S2. The van der Waals surface area contributed by atoms with Gasteiger partial charge in [-0.3, -0.25) is 4.79 Å². The summed E-state index contributed by atoms with van der Waals surface area (Å²) in [6.07, 6.45) is 1.01. The Bertz CT molecular complexity index is 1350. The van der Waals surface area contributed by atoms with Crippen LogP contribution in [0.1, 0.15) is 17.5 Å². The van der Waals surface area contributed by atoms with E-state index in [1.807, 2.05) is 0 Å². The molecule has 1 saturated heterocycles. The number of carbonyl (C=O) groups excluding carboxylic acids is 1. The maximum absolute atomic E-state index is 13.1. The Balaban J connectivity index is 1.50. The molecule has 2 aliphatic heterocycles. The van der Waals surface area contributed by atoms with Crippen LogP contribution in [-0.4, -0.2) is 85.4 Å². The third-order valence-corrected chi connectivity index (χ3v) is 10.2. The Morgan fingerprint density at radius 3 is 2.36 bits per heavy atom. The van der Waals surface area contributed by atoms with Crippen LogP contribution in [0.4, 0.5) is 5.69 Å². The van der Waals surface area contributed by atoms with Crippen LogP contribution in [0.25, 0.3) is 0 Å². The molecule has 0 aromatic heterocycles. The highest BCUT2D eigenvalue weighted by molar-refractivity contribution is 7.89. The maximum atomic E-state index is 13.1. The van der Waals surface area contributed by atoms with Gasteiger partial charge in [0.15, 0.2) is 0 Å². The SMILES string of the molecule is COc1ccc(S(=O)(=O)N2CCOCC2)cc1CCC(=O)N1CCc2cc(S(=O)(=O)N(C)C)ccc21. The number of fused-ring (bicyclic) bond motifs is 1. The average molecular weight is 538 g/mol. The summed E-state index contributed by atoms with van der Waals surface area (Å²) in [5, 5.41) is 0. The highest BCUT2D eigenvalue weighted by Crippen LogP contribution is 2.32. The van der Waals surface area contributed by atoms with Crippen LogP contribution in [0.5, 0.6) is 5.75 Å². The van der Waals surface area contributed by atoms with Crippen molar-refractivity contribution in [3.63, 3.8) is 0 Å². The first-order valence-electron chi connectivity index (χ1n) is 11.7. The molecular weight excluding hydrogens is 506 g/mol. The van der Waals surface area contributed by atoms with Gasteiger partial charge in [-0.15, -0.1) is 0 Å². The van der Waals surface area contributed by atoms with Crippen LogP contribution in [0.3, 0.4) is 0 Å². The Labute approximate surface area is 212 Å². The molecule has 0 aliphatic carbocycles. The second kappa shape index (κ2) is 10.5. The molecule has 36 heavy (non-hydrogen) atoms. The molecule has 0 spiro atoms. The number of sulfonamides is 2. The lowest BCUT2D eigenvalue weighted by atomic mass is 10.1. The van der Waals surface area contributed by atoms with Gasteiger partial charge in [-0.1, -0.05) is 0 Å². The highest BCUT2D eigenvalue weighted by atomic mass is 32.2. The van der Waals surface area contributed by atoms with E-state index in [2.05, 4.69) is 0 Å². The average Bonchev–Trinajstić information content (AvgIpc) is 3.31. The largest absolute Gasteiger partial charge is 0.496 e. The Hall–Kier alpha value is -2.51. The number of rotatable bonds is 8. The number of nitrogens with zero attached hydrogens (tertiary/aromatic N) is 3. The van der Waals surface area contributed by atoms with Crippen LogP contribution >= 0.6 is 0 Å². The summed E-state index contributed by atoms with van der Waals surface area (Å²) < 4.78 is 64.3. The molecule has 1 fully saturated rings. The third kappa shape index (κ3) is 5.14. The van der Waals surface area contributed by atoms with Crippen molar-refractivity contribution in [3.8, 4) is 5.75 Å². The van der Waals surface area contributed by atoms with E-state index in [-0.39, 0.29) is 22.1 Å². The second-order valence-corrected chi connectivity index (χ2v) is 13.0. The van der Waals surface area contributed by atoms with Crippen LogP contribution in [0.2, 0.25) is 0 Å². The lowest BCUT2D eigenvalue weighted by molar-refractivity contribution is -0.118. The Morgan fingerprint density at radius 2 is 1.69 bits per heavy atom. The summed E-state index contributed by atoms with van der Waals surface area (Å²) in [4.78, 5) is 15.1. The van der Waals surface area contributed by atoms with Crippen molar-refractivity contribution < 1.29 is 31.1 Å². The van der Waals surface area contributed by atoms with Crippen LogP contribution < -0.4 is 9.64 Å². The topological polar surface area (TPSA) is 114 Å². The van der Waals surface area contributed by atoms with E-state index in [1.165, 1.54) is 37.6 Å². The normalized spacial score (nSPS) is 16.8. The lowest BCUT2D eigenvalue weighted by Crippen LogP contribution is -2.40. The number of hydrogen-bond acceptors (Lipinski definition) is 7. The second-order valence-electron chi connectivity index (χ2n) is 8.86. The number of hydrogen-bond donors (Lipinski definition) is 0. The van der Waals surface area contributed by atoms with E-state index in [0.29, 0.717) is 62.7 Å². The van der Waals surface area contributed by atoms with Gasteiger partial charge in [-0.2, -0.15) is 4.31 Å². The molecule has 10 nitrogen and oxygen atoms in total. The van der Waals surface area contributed by atoms with Gasteiger partial charge >= 0.3 is 0 Å². The number of benzene rings is 2. The van der Waals surface area contributed by atoms with Crippen molar-refractivity contribution in [1.82, 2.24) is 8.61 Å². The molecule has 2 aliphatic rings. The van der Waals surface area contributed by atoms with E-state index in [4.69, 9.17) is 9.47 Å². The summed E-state index contributed by atoms with van der Waals surface area (Å²) in [5.74, 6) is 0.393. The molecule has 1 amide bonds. The number of morpholine rings is 1. The molecule has 0 N–H and O–H groups in total. The zero-order valence-corrected chi connectivity index (χ0v) is 22.3. The van der Waals surface area contributed by atoms with E-state index >= 15 is 0 Å². The molecule has 0 saturated carbocycles. The number of methoxy groups -OCH3 is 1. The zero-order chi connectivity index (χ0) is 26.1. The van der Waals surface area contributed by atoms with Crippen molar-refractivity contribution in [2.75, 3.05) is 59.0 Å². The van der Waals surface area contributed by atoms with Crippen molar-refractivity contribution in [1.29, 1.82) is 0 Å². The molecule has 0 atom stereocenters. The van der Waals surface area contributed by atoms with Crippen molar-refractivity contribution in [2.24, 2.45) is 0 Å². The molecule has 0 bridgehead atoms. The van der Waals surface area contributed by atoms with Gasteiger partial charge in [0, 0.05) is 45.8 Å². The number of anilines is 1. The van der Waals surface area contributed by atoms with Gasteiger partial charge in [0.05, 0.1) is 30.1 Å². The van der Waals surface area contributed by atoms with Crippen molar-refractivity contribution in [2.45, 2.75) is 29.1 Å². The molecule has 0 radical (unpaired) electrons. The first-order chi connectivity index (χ1) is 17.1. The number of aryl methyl sites for hydroxylation is 1. The van der Waals surface area contributed by atoms with Crippen molar-refractivity contribution in [3.05, 3.63) is 47.5 Å². The summed E-state index contributed by atoms with van der Waals surface area (Å²) >= 11 is 0. The molecule has 12 heteroatoms. The van der Waals surface area contributed by atoms with Gasteiger partial charge in [0.2, 0.25) is 26.0 Å². The zero-order valence-electron chi connectivity index (χ0n) is 20.6. The minimum absolute atomic E-state index is 0.125. The number of ether oxygens (including phenoxy) is 2. The van der Waals surface area contributed by atoms with E-state index < -0.39 is 20.0 Å². The standard InChI is InChI=1S/C24H31N3O7S2/c1-25(2)35(29,30)20-5-7-22-18(16-20)10-11-27(22)24(28)9-4-19-17-21(6-8-23(19)33-3)36(31,32)26-12-14-34-15-13-26/h5-8,16-17H,4,9-15H2,1-3H3. The minimum Gasteiger partial charge on any atom is -0.496 e. The minimum atomic E-state index is -3.68. The molecule has 2 aromatic rings. The summed E-state index contributed by atoms with van der Waals surface area (Å²) in [5.41, 5.74) is 2.14. The molecule has 196 valence electrons. The van der Waals surface area contributed by atoms with Gasteiger partial charge in [0.25, 0.3) is 0 Å². The van der Waals surface area contributed by atoms with Crippen LogP contribution in [0.15, 0.2) is 46.2 Å². The summed E-state index contributed by atoms with van der Waals surface area (Å²) in [6.45, 7) is 1.78. The van der Waals surface area contributed by atoms with Gasteiger partial charge in [-0.25, -0.2) is 21.1 Å². The predicted octanol–water partition coefficient (Wildman–Crippen LogP) is 1.49. The smallest absolute Gasteiger partial charge is 0.243 e.